The number of fused-ring (bicyclic) bond motifs is 1. The van der Waals surface area contributed by atoms with Crippen LogP contribution in [0.25, 0.3) is 0 Å². The zero-order valence-corrected chi connectivity index (χ0v) is 11.0. The lowest BCUT2D eigenvalue weighted by Crippen LogP contribution is -2.36. The third-order valence-electron chi connectivity index (χ3n) is 4.22. The normalized spacial score (nSPS) is 24.0. The Morgan fingerprint density at radius 3 is 2.79 bits per heavy atom. The SMILES string of the molecule is O=[N+]([O-])c1ccccc1N1CCCN2CCCC2C1. The van der Waals surface area contributed by atoms with Crippen molar-refractivity contribution in [3.63, 3.8) is 0 Å². The van der Waals surface area contributed by atoms with Crippen LogP contribution >= 0.6 is 0 Å². The smallest absolute Gasteiger partial charge is 0.292 e. The number of nitro groups is 1. The quantitative estimate of drug-likeness (QED) is 0.605. The van der Waals surface area contributed by atoms with Gasteiger partial charge < -0.3 is 4.90 Å². The molecule has 0 spiro atoms. The first kappa shape index (κ1) is 12.4. The van der Waals surface area contributed by atoms with Crippen LogP contribution in [-0.4, -0.2) is 42.0 Å². The topological polar surface area (TPSA) is 49.6 Å². The van der Waals surface area contributed by atoms with Crippen LogP contribution in [0, 0.1) is 10.1 Å². The first-order valence-electron chi connectivity index (χ1n) is 6.98. The Kier molecular flexibility index (Phi) is 3.38. The molecule has 5 nitrogen and oxygen atoms in total. The molecule has 102 valence electrons. The Labute approximate surface area is 113 Å². The second-order valence-corrected chi connectivity index (χ2v) is 5.38. The molecule has 0 aromatic heterocycles. The average Bonchev–Trinajstić information content (AvgIpc) is 2.76. The zero-order chi connectivity index (χ0) is 13.2. The lowest BCUT2D eigenvalue weighted by Gasteiger charge is -2.26. The molecule has 2 fully saturated rings. The predicted octanol–water partition coefficient (Wildman–Crippen LogP) is 2.27. The fraction of sp³-hybridized carbons (Fsp3) is 0.571. The van der Waals surface area contributed by atoms with E-state index in [2.05, 4.69) is 9.80 Å². The summed E-state index contributed by atoms with van der Waals surface area (Å²) in [5.74, 6) is 0. The third kappa shape index (κ3) is 2.42. The summed E-state index contributed by atoms with van der Waals surface area (Å²) >= 11 is 0. The Morgan fingerprint density at radius 1 is 1.16 bits per heavy atom. The standard InChI is InChI=1S/C14H19N3O2/c18-17(19)14-7-2-1-6-13(14)16-10-4-9-15-8-3-5-12(15)11-16/h1-2,6-7,12H,3-5,8-11H2. The van der Waals surface area contributed by atoms with E-state index in [1.54, 1.807) is 12.1 Å². The van der Waals surface area contributed by atoms with Crippen LogP contribution in [0.5, 0.6) is 0 Å². The summed E-state index contributed by atoms with van der Waals surface area (Å²) in [7, 11) is 0. The highest BCUT2D eigenvalue weighted by atomic mass is 16.6. The van der Waals surface area contributed by atoms with Gasteiger partial charge in [-0.15, -0.1) is 0 Å². The lowest BCUT2D eigenvalue weighted by atomic mass is 10.2. The Morgan fingerprint density at radius 2 is 1.95 bits per heavy atom. The van der Waals surface area contributed by atoms with Gasteiger partial charge in [0.25, 0.3) is 5.69 Å². The number of benzene rings is 1. The van der Waals surface area contributed by atoms with E-state index >= 15 is 0 Å². The van der Waals surface area contributed by atoms with Gasteiger partial charge in [-0.1, -0.05) is 12.1 Å². The molecule has 0 bridgehead atoms. The highest BCUT2D eigenvalue weighted by Crippen LogP contribution is 2.31. The van der Waals surface area contributed by atoms with Crippen LogP contribution < -0.4 is 4.90 Å². The Hall–Kier alpha value is -1.62. The Balaban J connectivity index is 1.87. The number of hydrogen-bond acceptors (Lipinski definition) is 4. The maximum absolute atomic E-state index is 11.1. The molecular formula is C14H19N3O2. The van der Waals surface area contributed by atoms with Gasteiger partial charge in [0.1, 0.15) is 5.69 Å². The summed E-state index contributed by atoms with van der Waals surface area (Å²) in [6, 6.07) is 7.68. The fourth-order valence-corrected chi connectivity index (χ4v) is 3.31. The summed E-state index contributed by atoms with van der Waals surface area (Å²) in [5, 5.41) is 11.1. The molecule has 1 aromatic carbocycles. The van der Waals surface area contributed by atoms with E-state index < -0.39 is 0 Å². The van der Waals surface area contributed by atoms with Gasteiger partial charge in [0, 0.05) is 31.7 Å². The van der Waals surface area contributed by atoms with Crippen molar-refractivity contribution in [3.05, 3.63) is 34.4 Å². The number of nitro benzene ring substituents is 1. The molecule has 2 aliphatic heterocycles. The summed E-state index contributed by atoms with van der Waals surface area (Å²) in [5.41, 5.74) is 1.01. The van der Waals surface area contributed by atoms with Gasteiger partial charge >= 0.3 is 0 Å². The van der Waals surface area contributed by atoms with Gasteiger partial charge in [-0.25, -0.2) is 0 Å². The van der Waals surface area contributed by atoms with Crippen LogP contribution in [-0.2, 0) is 0 Å². The van der Waals surface area contributed by atoms with E-state index in [0.29, 0.717) is 6.04 Å². The molecule has 0 saturated carbocycles. The van der Waals surface area contributed by atoms with E-state index in [0.717, 1.165) is 31.7 Å². The minimum absolute atomic E-state index is 0.231. The van der Waals surface area contributed by atoms with Crippen molar-refractivity contribution in [3.8, 4) is 0 Å². The highest BCUT2D eigenvalue weighted by molar-refractivity contribution is 5.63. The second kappa shape index (κ2) is 5.17. The minimum atomic E-state index is -0.271. The largest absolute Gasteiger partial charge is 0.364 e. The second-order valence-electron chi connectivity index (χ2n) is 5.38. The number of anilines is 1. The molecule has 2 saturated heterocycles. The van der Waals surface area contributed by atoms with Crippen molar-refractivity contribution in [1.82, 2.24) is 4.90 Å². The van der Waals surface area contributed by atoms with E-state index in [4.69, 9.17) is 0 Å². The molecular weight excluding hydrogens is 242 g/mol. The van der Waals surface area contributed by atoms with Crippen molar-refractivity contribution in [2.45, 2.75) is 25.3 Å². The monoisotopic (exact) mass is 261 g/mol. The first-order valence-corrected chi connectivity index (χ1v) is 6.98. The van der Waals surface area contributed by atoms with Gasteiger partial charge in [0.05, 0.1) is 4.92 Å². The molecule has 19 heavy (non-hydrogen) atoms. The molecule has 1 aromatic rings. The maximum Gasteiger partial charge on any atom is 0.292 e. The fourth-order valence-electron chi connectivity index (χ4n) is 3.31. The predicted molar refractivity (Wildman–Crippen MR) is 74.5 cm³/mol. The van der Waals surface area contributed by atoms with Gasteiger partial charge in [0.2, 0.25) is 0 Å². The zero-order valence-electron chi connectivity index (χ0n) is 11.0. The molecule has 0 N–H and O–H groups in total. The first-order chi connectivity index (χ1) is 9.25. The third-order valence-corrected chi connectivity index (χ3v) is 4.22. The summed E-state index contributed by atoms with van der Waals surface area (Å²) in [4.78, 5) is 15.6. The molecule has 0 aliphatic carbocycles. The van der Waals surface area contributed by atoms with Crippen molar-refractivity contribution < 1.29 is 4.92 Å². The van der Waals surface area contributed by atoms with E-state index in [-0.39, 0.29) is 10.6 Å². The van der Waals surface area contributed by atoms with Crippen molar-refractivity contribution >= 4 is 11.4 Å². The van der Waals surface area contributed by atoms with Crippen molar-refractivity contribution in [1.29, 1.82) is 0 Å². The van der Waals surface area contributed by atoms with Crippen LogP contribution in [0.15, 0.2) is 24.3 Å². The number of rotatable bonds is 2. The van der Waals surface area contributed by atoms with Crippen LogP contribution in [0.1, 0.15) is 19.3 Å². The maximum atomic E-state index is 11.1. The van der Waals surface area contributed by atoms with E-state index in [1.165, 1.54) is 19.4 Å². The molecule has 5 heteroatoms. The molecule has 1 unspecified atom stereocenters. The summed E-state index contributed by atoms with van der Waals surface area (Å²) in [6.07, 6.45) is 3.56. The summed E-state index contributed by atoms with van der Waals surface area (Å²) < 4.78 is 0. The Bertz CT molecular complexity index is 478. The van der Waals surface area contributed by atoms with Gasteiger partial charge in [0.15, 0.2) is 0 Å². The average molecular weight is 261 g/mol. The van der Waals surface area contributed by atoms with Crippen LogP contribution in [0.3, 0.4) is 0 Å². The molecule has 0 amide bonds. The highest BCUT2D eigenvalue weighted by Gasteiger charge is 2.30. The summed E-state index contributed by atoms with van der Waals surface area (Å²) in [6.45, 7) is 4.15. The van der Waals surface area contributed by atoms with Crippen molar-refractivity contribution in [2.75, 3.05) is 31.1 Å². The minimum Gasteiger partial charge on any atom is -0.364 e. The van der Waals surface area contributed by atoms with E-state index in [1.807, 2.05) is 12.1 Å². The molecule has 3 rings (SSSR count). The number of para-hydroxylation sites is 2. The lowest BCUT2D eigenvalue weighted by molar-refractivity contribution is -0.384. The van der Waals surface area contributed by atoms with Crippen LogP contribution in [0.4, 0.5) is 11.4 Å². The van der Waals surface area contributed by atoms with Gasteiger partial charge in [-0.05, 0) is 31.9 Å². The van der Waals surface area contributed by atoms with Crippen LogP contribution in [0.2, 0.25) is 0 Å². The van der Waals surface area contributed by atoms with E-state index in [9.17, 15) is 10.1 Å². The molecule has 0 radical (unpaired) electrons. The van der Waals surface area contributed by atoms with Gasteiger partial charge in [-0.3, -0.25) is 15.0 Å². The van der Waals surface area contributed by atoms with Crippen molar-refractivity contribution in [2.24, 2.45) is 0 Å². The number of nitrogens with zero attached hydrogens (tertiary/aromatic N) is 3. The molecule has 2 aliphatic rings. The molecule has 1 atom stereocenters. The van der Waals surface area contributed by atoms with Gasteiger partial charge in [-0.2, -0.15) is 0 Å². The number of hydrogen-bond donors (Lipinski definition) is 0. The molecule has 2 heterocycles.